The van der Waals surface area contributed by atoms with Crippen molar-refractivity contribution in [3.8, 4) is 0 Å². The van der Waals surface area contributed by atoms with Crippen LogP contribution in [-0.4, -0.2) is 29.5 Å². The number of hydrogen-bond acceptors (Lipinski definition) is 4. The summed E-state index contributed by atoms with van der Waals surface area (Å²) in [5.41, 5.74) is 9.27. The van der Waals surface area contributed by atoms with Gasteiger partial charge in [0.15, 0.2) is 0 Å². The smallest absolute Gasteiger partial charge is 0.123 e. The topological polar surface area (TPSA) is 50.7 Å². The Morgan fingerprint density at radius 1 is 1.35 bits per heavy atom. The predicted molar refractivity (Wildman–Crippen MR) is 99.6 cm³/mol. The lowest BCUT2D eigenvalue weighted by atomic mass is 9.96. The molecule has 0 amide bonds. The summed E-state index contributed by atoms with van der Waals surface area (Å²) in [4.78, 5) is 8.99. The molecule has 1 aliphatic rings. The maximum absolute atomic E-state index is 13.1. The Balaban J connectivity index is 2.47. The van der Waals surface area contributed by atoms with Gasteiger partial charge in [0.2, 0.25) is 0 Å². The highest BCUT2D eigenvalue weighted by atomic mass is 32.2. The van der Waals surface area contributed by atoms with Crippen LogP contribution >= 0.6 is 11.8 Å². The molecule has 1 aliphatic heterocycles. The third-order valence-electron chi connectivity index (χ3n) is 3.53. The molecule has 23 heavy (non-hydrogen) atoms. The van der Waals surface area contributed by atoms with E-state index in [0.717, 1.165) is 28.4 Å². The number of allylic oxidation sites excluding steroid dienone is 1. The van der Waals surface area contributed by atoms with Gasteiger partial charge in [0.05, 0.1) is 11.8 Å². The molecular weight excluding hydrogens is 309 g/mol. The summed E-state index contributed by atoms with van der Waals surface area (Å²) in [5.74, 6) is 1.96. The Labute approximate surface area is 141 Å². The molecule has 0 aliphatic carbocycles. The molecule has 1 fully saturated rings. The first-order valence-corrected chi connectivity index (χ1v) is 8.74. The van der Waals surface area contributed by atoms with E-state index in [0.29, 0.717) is 11.7 Å². The number of nitrogens with two attached hydrogens (primary N) is 1. The monoisotopic (exact) mass is 331 g/mol. The van der Waals surface area contributed by atoms with Gasteiger partial charge < -0.3 is 5.73 Å². The first-order valence-electron chi connectivity index (χ1n) is 7.58. The van der Waals surface area contributed by atoms with Crippen LogP contribution in [0.15, 0.2) is 52.6 Å². The van der Waals surface area contributed by atoms with E-state index >= 15 is 0 Å². The minimum Gasteiger partial charge on any atom is -0.398 e. The van der Waals surface area contributed by atoms with E-state index in [4.69, 9.17) is 5.73 Å². The number of halogens is 1. The van der Waals surface area contributed by atoms with Crippen molar-refractivity contribution >= 4 is 29.4 Å². The average molecular weight is 331 g/mol. The SMILES string of the molecule is C=CN=C(/C(C=NC1CSC1)=C(/N)c1ccc(F)cc1)C(C)C. The van der Waals surface area contributed by atoms with E-state index in [2.05, 4.69) is 16.6 Å². The van der Waals surface area contributed by atoms with Crippen LogP contribution in [-0.2, 0) is 0 Å². The zero-order valence-corrected chi connectivity index (χ0v) is 14.3. The second-order valence-electron chi connectivity index (χ2n) is 5.66. The van der Waals surface area contributed by atoms with E-state index < -0.39 is 0 Å². The highest BCUT2D eigenvalue weighted by Gasteiger charge is 2.18. The summed E-state index contributed by atoms with van der Waals surface area (Å²) in [6.45, 7) is 7.78. The van der Waals surface area contributed by atoms with E-state index in [1.54, 1.807) is 12.1 Å². The van der Waals surface area contributed by atoms with Crippen LogP contribution < -0.4 is 5.73 Å². The van der Waals surface area contributed by atoms with Crippen LogP contribution in [0.3, 0.4) is 0 Å². The van der Waals surface area contributed by atoms with E-state index in [-0.39, 0.29) is 11.7 Å². The lowest BCUT2D eigenvalue weighted by Gasteiger charge is -2.21. The molecule has 1 aromatic rings. The number of aliphatic imine (C=N–C) groups is 2. The largest absolute Gasteiger partial charge is 0.398 e. The first-order chi connectivity index (χ1) is 11.0. The van der Waals surface area contributed by atoms with E-state index in [9.17, 15) is 4.39 Å². The molecule has 122 valence electrons. The molecule has 0 spiro atoms. The number of hydrogen-bond donors (Lipinski definition) is 1. The van der Waals surface area contributed by atoms with Crippen LogP contribution in [0.1, 0.15) is 19.4 Å². The standard InChI is InChI=1S/C18H22FN3S/c1-4-21-18(12(2)3)16(9-22-15-10-23-11-15)17(20)13-5-7-14(19)8-6-13/h4-9,12,15H,1,10-11,20H2,2-3H3/b17-16+,21-18?,22-9?. The fraction of sp³-hybridized carbons (Fsp3) is 0.333. The van der Waals surface area contributed by atoms with Gasteiger partial charge >= 0.3 is 0 Å². The van der Waals surface area contributed by atoms with Crippen molar-refractivity contribution in [3.05, 3.63) is 54.0 Å². The Kier molecular flexibility index (Phi) is 6.16. The Morgan fingerprint density at radius 2 is 2.00 bits per heavy atom. The summed E-state index contributed by atoms with van der Waals surface area (Å²) < 4.78 is 13.1. The molecule has 0 aromatic heterocycles. The fourth-order valence-corrected chi connectivity index (χ4v) is 2.79. The molecule has 0 radical (unpaired) electrons. The summed E-state index contributed by atoms with van der Waals surface area (Å²) in [6.07, 6.45) is 3.33. The number of thioether (sulfide) groups is 1. The number of benzene rings is 1. The Bertz CT molecular complexity index is 641. The van der Waals surface area contributed by atoms with Gasteiger partial charge in [-0.1, -0.05) is 20.4 Å². The van der Waals surface area contributed by atoms with Gasteiger partial charge in [-0.15, -0.1) is 0 Å². The molecule has 5 heteroatoms. The summed E-state index contributed by atoms with van der Waals surface area (Å²) in [6, 6.07) is 6.49. The Morgan fingerprint density at radius 3 is 2.48 bits per heavy atom. The first kappa shape index (κ1) is 17.5. The molecule has 3 nitrogen and oxygen atoms in total. The van der Waals surface area contributed by atoms with Crippen molar-refractivity contribution in [2.45, 2.75) is 19.9 Å². The van der Waals surface area contributed by atoms with Gasteiger partial charge in [-0.2, -0.15) is 11.8 Å². The summed E-state index contributed by atoms with van der Waals surface area (Å²) >= 11 is 1.88. The van der Waals surface area contributed by atoms with Gasteiger partial charge in [-0.3, -0.25) is 9.98 Å². The molecule has 0 bridgehead atoms. The van der Waals surface area contributed by atoms with Crippen LogP contribution in [0.25, 0.3) is 5.70 Å². The van der Waals surface area contributed by atoms with E-state index in [1.165, 1.54) is 18.3 Å². The predicted octanol–water partition coefficient (Wildman–Crippen LogP) is 3.92. The van der Waals surface area contributed by atoms with Crippen molar-refractivity contribution < 1.29 is 4.39 Å². The lowest BCUT2D eigenvalue weighted by molar-refractivity contribution is 0.627. The maximum Gasteiger partial charge on any atom is 0.123 e. The number of rotatable bonds is 6. The van der Waals surface area contributed by atoms with Gasteiger partial charge in [0, 0.05) is 35.2 Å². The molecule has 2 rings (SSSR count). The zero-order valence-electron chi connectivity index (χ0n) is 13.5. The highest BCUT2D eigenvalue weighted by Crippen LogP contribution is 2.22. The zero-order chi connectivity index (χ0) is 16.8. The summed E-state index contributed by atoms with van der Waals surface area (Å²) in [5, 5.41) is 0. The van der Waals surface area contributed by atoms with Crippen molar-refractivity contribution in [1.82, 2.24) is 0 Å². The van der Waals surface area contributed by atoms with Gasteiger partial charge in [0.25, 0.3) is 0 Å². The molecule has 1 heterocycles. The minimum atomic E-state index is -0.285. The Hall–Kier alpha value is -1.88. The quantitative estimate of drug-likeness (QED) is 0.803. The van der Waals surface area contributed by atoms with Gasteiger partial charge in [0.1, 0.15) is 5.82 Å². The number of nitrogens with zero attached hydrogens (tertiary/aromatic N) is 2. The van der Waals surface area contributed by atoms with Crippen molar-refractivity contribution in [2.24, 2.45) is 21.6 Å². The third kappa shape index (κ3) is 4.55. The van der Waals surface area contributed by atoms with Crippen molar-refractivity contribution in [3.63, 3.8) is 0 Å². The minimum absolute atomic E-state index is 0.171. The molecule has 2 N–H and O–H groups in total. The van der Waals surface area contributed by atoms with Crippen LogP contribution in [0.5, 0.6) is 0 Å². The lowest BCUT2D eigenvalue weighted by Crippen LogP contribution is -2.24. The maximum atomic E-state index is 13.1. The molecule has 1 saturated heterocycles. The van der Waals surface area contributed by atoms with Crippen LogP contribution in [0.2, 0.25) is 0 Å². The second-order valence-corrected chi connectivity index (χ2v) is 6.73. The normalized spacial score (nSPS) is 17.3. The molecular formula is C18H22FN3S. The van der Waals surface area contributed by atoms with Gasteiger partial charge in [-0.05, 0) is 35.7 Å². The van der Waals surface area contributed by atoms with Crippen LogP contribution in [0, 0.1) is 11.7 Å². The summed E-state index contributed by atoms with van der Waals surface area (Å²) in [7, 11) is 0. The van der Waals surface area contributed by atoms with Crippen molar-refractivity contribution in [1.29, 1.82) is 0 Å². The van der Waals surface area contributed by atoms with Crippen LogP contribution in [0.4, 0.5) is 4.39 Å². The van der Waals surface area contributed by atoms with E-state index in [1.807, 2.05) is 31.8 Å². The average Bonchev–Trinajstić information content (AvgIpc) is 2.48. The molecule has 0 saturated carbocycles. The fourth-order valence-electron chi connectivity index (χ4n) is 2.18. The van der Waals surface area contributed by atoms with Crippen molar-refractivity contribution in [2.75, 3.05) is 11.5 Å². The second kappa shape index (κ2) is 8.11. The molecule has 0 atom stereocenters. The molecule has 1 aromatic carbocycles. The van der Waals surface area contributed by atoms with Gasteiger partial charge in [-0.25, -0.2) is 4.39 Å². The highest BCUT2D eigenvalue weighted by molar-refractivity contribution is 8.00. The third-order valence-corrected chi connectivity index (χ3v) is 4.77. The molecule has 0 unspecified atom stereocenters.